The van der Waals surface area contributed by atoms with E-state index >= 15 is 0 Å². The lowest BCUT2D eigenvalue weighted by Gasteiger charge is -2.10. The van der Waals surface area contributed by atoms with E-state index in [1.54, 1.807) is 0 Å². The summed E-state index contributed by atoms with van der Waals surface area (Å²) in [6.07, 6.45) is 38.2. The zero-order chi connectivity index (χ0) is 24.8. The van der Waals surface area contributed by atoms with Gasteiger partial charge in [-0.25, -0.2) is 0 Å². The summed E-state index contributed by atoms with van der Waals surface area (Å²) in [6.45, 7) is 3.04. The molecule has 0 aromatic heterocycles. The molecule has 1 atom stereocenters. The summed E-state index contributed by atoms with van der Waals surface area (Å²) in [7, 11) is 0. The molecular formula is C31H63NO2. The van der Waals surface area contributed by atoms with Crippen LogP contribution in [-0.4, -0.2) is 36.0 Å². The van der Waals surface area contributed by atoms with E-state index in [4.69, 9.17) is 5.11 Å². The van der Waals surface area contributed by atoms with Gasteiger partial charge in [-0.05, 0) is 12.8 Å². The van der Waals surface area contributed by atoms with Crippen LogP contribution in [0.4, 0.5) is 0 Å². The van der Waals surface area contributed by atoms with Crippen molar-refractivity contribution in [3.8, 4) is 0 Å². The number of nitrogens with one attached hydrogen (secondary N) is 1. The number of aliphatic hydroxyl groups is 2. The lowest BCUT2D eigenvalue weighted by Crippen LogP contribution is -2.32. The fraction of sp³-hybridized carbons (Fsp3) is 0.935. The van der Waals surface area contributed by atoms with Gasteiger partial charge in [-0.3, -0.25) is 0 Å². The quantitative estimate of drug-likeness (QED) is 0.0738. The van der Waals surface area contributed by atoms with Gasteiger partial charge >= 0.3 is 0 Å². The summed E-state index contributed by atoms with van der Waals surface area (Å²) in [5.41, 5.74) is 0. The maximum absolute atomic E-state index is 9.25. The molecule has 3 heteroatoms. The highest BCUT2D eigenvalue weighted by molar-refractivity contribution is 4.92. The van der Waals surface area contributed by atoms with Crippen LogP contribution in [0.3, 0.4) is 0 Å². The number of allylic oxidation sites excluding steroid dienone is 1. The molecule has 0 bridgehead atoms. The van der Waals surface area contributed by atoms with Gasteiger partial charge in [0.2, 0.25) is 0 Å². The molecule has 0 heterocycles. The average Bonchev–Trinajstić information content (AvgIpc) is 2.85. The van der Waals surface area contributed by atoms with Gasteiger partial charge in [0.05, 0.1) is 13.2 Å². The molecule has 204 valence electrons. The van der Waals surface area contributed by atoms with Gasteiger partial charge < -0.3 is 15.5 Å². The molecule has 1 unspecified atom stereocenters. The molecular weight excluding hydrogens is 418 g/mol. The van der Waals surface area contributed by atoms with Gasteiger partial charge in [-0.15, -0.1) is 0 Å². The number of aliphatic hydroxyl groups excluding tert-OH is 2. The van der Waals surface area contributed by atoms with E-state index in [0.29, 0.717) is 6.54 Å². The third kappa shape index (κ3) is 27.9. The van der Waals surface area contributed by atoms with Crippen LogP contribution in [0.5, 0.6) is 0 Å². The van der Waals surface area contributed by atoms with Gasteiger partial charge in [0.1, 0.15) is 0 Å². The van der Waals surface area contributed by atoms with Crippen molar-refractivity contribution in [2.75, 3.05) is 19.8 Å². The smallest absolute Gasteiger partial charge is 0.0620 e. The van der Waals surface area contributed by atoms with Crippen LogP contribution in [0.25, 0.3) is 0 Å². The molecule has 0 aromatic rings. The topological polar surface area (TPSA) is 52.5 Å². The van der Waals surface area contributed by atoms with Crippen molar-refractivity contribution in [1.82, 2.24) is 5.32 Å². The van der Waals surface area contributed by atoms with Crippen molar-refractivity contribution in [3.05, 3.63) is 12.2 Å². The molecule has 0 fully saturated rings. The summed E-state index contributed by atoms with van der Waals surface area (Å²) < 4.78 is 0. The Labute approximate surface area is 214 Å². The van der Waals surface area contributed by atoms with Crippen LogP contribution in [0, 0.1) is 0 Å². The van der Waals surface area contributed by atoms with Crippen molar-refractivity contribution in [2.24, 2.45) is 0 Å². The summed E-state index contributed by atoms with van der Waals surface area (Å²) >= 11 is 0. The number of unbranched alkanes of at least 4 members (excludes halogenated alkanes) is 23. The summed E-state index contributed by atoms with van der Waals surface area (Å²) in [5.74, 6) is 0. The zero-order valence-electron chi connectivity index (χ0n) is 23.2. The molecule has 34 heavy (non-hydrogen) atoms. The maximum atomic E-state index is 9.25. The zero-order valence-corrected chi connectivity index (χ0v) is 23.2. The molecule has 0 aliphatic carbocycles. The first-order valence-corrected chi connectivity index (χ1v) is 15.5. The van der Waals surface area contributed by atoms with E-state index in [1.165, 1.54) is 148 Å². The van der Waals surface area contributed by atoms with Gasteiger partial charge in [-0.2, -0.15) is 0 Å². The van der Waals surface area contributed by atoms with Gasteiger partial charge in [0, 0.05) is 12.6 Å². The Morgan fingerprint density at radius 2 is 0.882 bits per heavy atom. The first-order chi connectivity index (χ1) is 16.8. The third-order valence-corrected chi connectivity index (χ3v) is 7.06. The van der Waals surface area contributed by atoms with Crippen LogP contribution >= 0.6 is 0 Å². The molecule has 0 aliphatic heterocycles. The van der Waals surface area contributed by atoms with Crippen LogP contribution in [-0.2, 0) is 0 Å². The first kappa shape index (κ1) is 33.6. The Kier molecular flexibility index (Phi) is 30.3. The molecule has 3 nitrogen and oxygen atoms in total. The molecule has 0 spiro atoms. The van der Waals surface area contributed by atoms with Crippen molar-refractivity contribution in [1.29, 1.82) is 0 Å². The third-order valence-electron chi connectivity index (χ3n) is 7.06. The summed E-state index contributed by atoms with van der Waals surface area (Å²) in [6, 6.07) is -0.0170. The molecule has 0 radical (unpaired) electrons. The van der Waals surface area contributed by atoms with E-state index in [9.17, 15) is 5.11 Å². The minimum absolute atomic E-state index is 0.0170. The van der Waals surface area contributed by atoms with Crippen LogP contribution in [0.15, 0.2) is 12.2 Å². The molecule has 3 N–H and O–H groups in total. The van der Waals surface area contributed by atoms with Crippen LogP contribution in [0.2, 0.25) is 0 Å². The maximum Gasteiger partial charge on any atom is 0.0620 e. The van der Waals surface area contributed by atoms with E-state index < -0.39 is 0 Å². The first-order valence-electron chi connectivity index (χ1n) is 15.5. The van der Waals surface area contributed by atoms with E-state index in [-0.39, 0.29) is 19.3 Å². The van der Waals surface area contributed by atoms with Crippen molar-refractivity contribution in [2.45, 2.75) is 167 Å². The summed E-state index contributed by atoms with van der Waals surface area (Å²) in [4.78, 5) is 0. The van der Waals surface area contributed by atoms with Crippen molar-refractivity contribution in [3.63, 3.8) is 0 Å². The predicted octanol–water partition coefficient (Wildman–Crippen LogP) is 8.87. The standard InChI is InChI=1S/C31H63NO2/c1-2-3-4-5-6-7-8-9-10-11-12-13-14-15-16-17-18-19-20-21-22-23-24-25-26-27-31(30-34)32-28-29-33/h26-27,31-34H,2-25,28-30H2,1H3/b27-26+. The lowest BCUT2D eigenvalue weighted by molar-refractivity contribution is 0.244. The molecule has 0 amide bonds. The largest absolute Gasteiger partial charge is 0.395 e. The minimum atomic E-state index is -0.0170. The molecule has 0 rings (SSSR count). The van der Waals surface area contributed by atoms with E-state index in [1.807, 2.05) is 6.08 Å². The molecule has 0 aromatic carbocycles. The van der Waals surface area contributed by atoms with E-state index in [0.717, 1.165) is 6.42 Å². The highest BCUT2D eigenvalue weighted by Gasteiger charge is 2.00. The Hall–Kier alpha value is -0.380. The van der Waals surface area contributed by atoms with Crippen LogP contribution < -0.4 is 5.32 Å². The Morgan fingerprint density at radius 1 is 0.529 bits per heavy atom. The van der Waals surface area contributed by atoms with E-state index in [2.05, 4.69) is 18.3 Å². The second-order valence-electron chi connectivity index (χ2n) is 10.5. The summed E-state index contributed by atoms with van der Waals surface area (Å²) in [5, 5.41) is 21.2. The fourth-order valence-electron chi connectivity index (χ4n) is 4.75. The molecule has 0 aliphatic rings. The highest BCUT2D eigenvalue weighted by atomic mass is 16.3. The molecule has 0 saturated carbocycles. The van der Waals surface area contributed by atoms with Crippen molar-refractivity contribution >= 4 is 0 Å². The highest BCUT2D eigenvalue weighted by Crippen LogP contribution is 2.15. The lowest BCUT2D eigenvalue weighted by atomic mass is 10.0. The Balaban J connectivity index is 3.14. The Morgan fingerprint density at radius 3 is 1.21 bits per heavy atom. The number of hydrogen-bond acceptors (Lipinski definition) is 3. The second-order valence-corrected chi connectivity index (χ2v) is 10.5. The van der Waals surface area contributed by atoms with Crippen LogP contribution in [0.1, 0.15) is 161 Å². The average molecular weight is 482 g/mol. The fourth-order valence-corrected chi connectivity index (χ4v) is 4.75. The SMILES string of the molecule is CCCCCCCCCCCCCCCCCCCCCCCCC/C=C/C(CO)NCCO. The molecule has 0 saturated heterocycles. The minimum Gasteiger partial charge on any atom is -0.395 e. The number of hydrogen-bond donors (Lipinski definition) is 3. The second kappa shape index (κ2) is 30.7. The van der Waals surface area contributed by atoms with Gasteiger partial charge in [0.25, 0.3) is 0 Å². The Bertz CT molecular complexity index is 386. The predicted molar refractivity (Wildman–Crippen MR) is 152 cm³/mol. The normalized spacial score (nSPS) is 12.7. The van der Waals surface area contributed by atoms with Crippen molar-refractivity contribution < 1.29 is 10.2 Å². The van der Waals surface area contributed by atoms with Gasteiger partial charge in [0.15, 0.2) is 0 Å². The monoisotopic (exact) mass is 481 g/mol. The number of rotatable bonds is 29. The van der Waals surface area contributed by atoms with Gasteiger partial charge in [-0.1, -0.05) is 160 Å².